The van der Waals surface area contributed by atoms with Gasteiger partial charge in [-0.25, -0.2) is 8.78 Å². The van der Waals surface area contributed by atoms with E-state index in [1.807, 2.05) is 6.07 Å². The molecule has 1 rings (SSSR count). The molecule has 0 N–H and O–H groups in total. The van der Waals surface area contributed by atoms with Crippen LogP contribution in [-0.2, 0) is 0 Å². The minimum absolute atomic E-state index is 0.0287. The normalized spacial score (nSPS) is 9.93. The van der Waals surface area contributed by atoms with Gasteiger partial charge in [-0.15, -0.1) is 0 Å². The molecule has 0 fully saturated rings. The number of carbonyl (C=O) groups is 1. The Labute approximate surface area is 79.8 Å². The van der Waals surface area contributed by atoms with E-state index in [1.165, 1.54) is 25.1 Å². The maximum Gasteiger partial charge on any atom is 0.300 e. The first-order valence-electron chi connectivity index (χ1n) is 3.89. The molecule has 0 heterocycles. The third-order valence-electron chi connectivity index (χ3n) is 1.82. The molecule has 4 heteroatoms. The van der Waals surface area contributed by atoms with Gasteiger partial charge in [-0.2, -0.15) is 5.26 Å². The maximum absolute atomic E-state index is 12.1. The van der Waals surface area contributed by atoms with Crippen molar-refractivity contribution in [3.05, 3.63) is 34.9 Å². The second kappa shape index (κ2) is 3.97. The quantitative estimate of drug-likeness (QED) is 0.679. The van der Waals surface area contributed by atoms with E-state index in [4.69, 9.17) is 5.26 Å². The summed E-state index contributed by atoms with van der Waals surface area (Å²) in [4.78, 5) is 10.9. The minimum atomic E-state index is -3.00. The average molecular weight is 195 g/mol. The van der Waals surface area contributed by atoms with Gasteiger partial charge >= 0.3 is 6.43 Å². The van der Waals surface area contributed by atoms with Crippen LogP contribution in [0.4, 0.5) is 8.78 Å². The highest BCUT2D eigenvalue weighted by atomic mass is 19.3. The largest absolute Gasteiger partial charge is 0.300 e. The fraction of sp³-hybridized carbons (Fsp3) is 0.200. The van der Waals surface area contributed by atoms with Crippen molar-refractivity contribution in [2.24, 2.45) is 0 Å². The van der Waals surface area contributed by atoms with Crippen LogP contribution in [0.1, 0.15) is 21.5 Å². The van der Waals surface area contributed by atoms with Crippen LogP contribution < -0.4 is 0 Å². The van der Waals surface area contributed by atoms with Gasteiger partial charge in [0.2, 0.25) is 5.78 Å². The SMILES string of the molecule is Cc1cc(C#N)ccc1C(=O)C(F)F. The van der Waals surface area contributed by atoms with Gasteiger partial charge in [-0.3, -0.25) is 4.79 Å². The topological polar surface area (TPSA) is 40.9 Å². The van der Waals surface area contributed by atoms with E-state index in [9.17, 15) is 13.6 Å². The summed E-state index contributed by atoms with van der Waals surface area (Å²) < 4.78 is 24.1. The number of ketones is 1. The molecule has 0 atom stereocenters. The summed E-state index contributed by atoms with van der Waals surface area (Å²) in [6.45, 7) is 1.52. The molecule has 0 radical (unpaired) electrons. The predicted molar refractivity (Wildman–Crippen MR) is 46.2 cm³/mol. The molecule has 0 saturated heterocycles. The Morgan fingerprint density at radius 2 is 2.14 bits per heavy atom. The van der Waals surface area contributed by atoms with E-state index in [0.29, 0.717) is 11.1 Å². The fourth-order valence-corrected chi connectivity index (χ4v) is 1.13. The van der Waals surface area contributed by atoms with Crippen LogP contribution in [-0.4, -0.2) is 12.2 Å². The summed E-state index contributed by atoms with van der Waals surface area (Å²) in [5, 5.41) is 8.52. The molecule has 1 aromatic rings. The van der Waals surface area contributed by atoms with Crippen molar-refractivity contribution in [2.75, 3.05) is 0 Å². The molecule has 0 aliphatic rings. The number of carbonyl (C=O) groups excluding carboxylic acids is 1. The van der Waals surface area contributed by atoms with E-state index in [0.717, 1.165) is 0 Å². The number of hydrogen-bond acceptors (Lipinski definition) is 2. The van der Waals surface area contributed by atoms with Gasteiger partial charge in [0, 0.05) is 5.56 Å². The zero-order valence-electron chi connectivity index (χ0n) is 7.42. The number of aryl methyl sites for hydroxylation is 1. The molecule has 0 aliphatic carbocycles. The molecule has 72 valence electrons. The minimum Gasteiger partial charge on any atom is -0.288 e. The number of nitrogens with zero attached hydrogens (tertiary/aromatic N) is 1. The predicted octanol–water partition coefficient (Wildman–Crippen LogP) is 2.31. The Hall–Kier alpha value is -1.76. The van der Waals surface area contributed by atoms with Crippen LogP contribution in [0.3, 0.4) is 0 Å². The van der Waals surface area contributed by atoms with Gasteiger partial charge in [0.1, 0.15) is 0 Å². The van der Waals surface area contributed by atoms with Gasteiger partial charge in [0.15, 0.2) is 0 Å². The molecular weight excluding hydrogens is 188 g/mol. The highest BCUT2D eigenvalue weighted by Gasteiger charge is 2.19. The summed E-state index contributed by atoms with van der Waals surface area (Å²) in [6.07, 6.45) is -3.00. The molecular formula is C10H7F2NO. The lowest BCUT2D eigenvalue weighted by molar-refractivity contribution is 0.0678. The summed E-state index contributed by atoms with van der Waals surface area (Å²) in [5.74, 6) is -1.20. The number of benzene rings is 1. The molecule has 0 amide bonds. The first kappa shape index (κ1) is 10.3. The molecule has 0 saturated carbocycles. The number of alkyl halides is 2. The Bertz CT molecular complexity index is 407. The number of nitriles is 1. The Kier molecular flexibility index (Phi) is 2.92. The molecule has 0 unspecified atom stereocenters. The van der Waals surface area contributed by atoms with Crippen LogP contribution in [0.25, 0.3) is 0 Å². The molecule has 0 spiro atoms. The van der Waals surface area contributed by atoms with Crippen molar-refractivity contribution >= 4 is 5.78 Å². The highest BCUT2D eigenvalue weighted by Crippen LogP contribution is 2.14. The van der Waals surface area contributed by atoms with Gasteiger partial charge in [-0.1, -0.05) is 0 Å². The lowest BCUT2D eigenvalue weighted by Crippen LogP contribution is -2.11. The van der Waals surface area contributed by atoms with Crippen molar-refractivity contribution in [3.8, 4) is 6.07 Å². The van der Waals surface area contributed by atoms with E-state index < -0.39 is 12.2 Å². The third-order valence-corrected chi connectivity index (χ3v) is 1.82. The van der Waals surface area contributed by atoms with Gasteiger partial charge in [0.25, 0.3) is 0 Å². The Balaban J connectivity index is 3.14. The first-order valence-corrected chi connectivity index (χ1v) is 3.89. The number of rotatable bonds is 2. The second-order valence-corrected chi connectivity index (χ2v) is 2.81. The average Bonchev–Trinajstić information content (AvgIpc) is 2.16. The van der Waals surface area contributed by atoms with Crippen molar-refractivity contribution in [1.82, 2.24) is 0 Å². The van der Waals surface area contributed by atoms with Crippen molar-refractivity contribution in [2.45, 2.75) is 13.3 Å². The maximum atomic E-state index is 12.1. The fourth-order valence-electron chi connectivity index (χ4n) is 1.13. The number of hydrogen-bond donors (Lipinski definition) is 0. The van der Waals surface area contributed by atoms with Gasteiger partial charge < -0.3 is 0 Å². The van der Waals surface area contributed by atoms with Crippen LogP contribution in [0.2, 0.25) is 0 Å². The number of Topliss-reactive ketones (excluding diaryl/α,β-unsaturated/α-hetero) is 1. The smallest absolute Gasteiger partial charge is 0.288 e. The van der Waals surface area contributed by atoms with Crippen LogP contribution in [0.15, 0.2) is 18.2 Å². The summed E-state index contributed by atoms with van der Waals surface area (Å²) in [6, 6.07) is 5.88. The highest BCUT2D eigenvalue weighted by molar-refractivity contribution is 5.99. The van der Waals surface area contributed by atoms with Crippen LogP contribution >= 0.6 is 0 Å². The zero-order valence-corrected chi connectivity index (χ0v) is 7.42. The van der Waals surface area contributed by atoms with Gasteiger partial charge in [0.05, 0.1) is 11.6 Å². The number of halogens is 2. The van der Waals surface area contributed by atoms with E-state index in [1.54, 1.807) is 0 Å². The van der Waals surface area contributed by atoms with Crippen LogP contribution in [0.5, 0.6) is 0 Å². The summed E-state index contributed by atoms with van der Waals surface area (Å²) in [5.41, 5.74) is 0.724. The molecule has 0 aromatic heterocycles. The summed E-state index contributed by atoms with van der Waals surface area (Å²) >= 11 is 0. The van der Waals surface area contributed by atoms with Gasteiger partial charge in [-0.05, 0) is 30.7 Å². The van der Waals surface area contributed by atoms with E-state index >= 15 is 0 Å². The van der Waals surface area contributed by atoms with E-state index in [2.05, 4.69) is 0 Å². The molecule has 2 nitrogen and oxygen atoms in total. The monoisotopic (exact) mass is 195 g/mol. The molecule has 0 aliphatic heterocycles. The lowest BCUT2D eigenvalue weighted by Gasteiger charge is -2.03. The molecule has 14 heavy (non-hydrogen) atoms. The van der Waals surface area contributed by atoms with E-state index in [-0.39, 0.29) is 5.56 Å². The van der Waals surface area contributed by atoms with Crippen molar-refractivity contribution < 1.29 is 13.6 Å². The summed E-state index contributed by atoms with van der Waals surface area (Å²) in [7, 11) is 0. The van der Waals surface area contributed by atoms with Crippen molar-refractivity contribution in [3.63, 3.8) is 0 Å². The zero-order chi connectivity index (χ0) is 10.7. The third kappa shape index (κ3) is 1.94. The second-order valence-electron chi connectivity index (χ2n) is 2.81. The molecule has 1 aromatic carbocycles. The Morgan fingerprint density at radius 1 is 1.50 bits per heavy atom. The Morgan fingerprint density at radius 3 is 2.57 bits per heavy atom. The van der Waals surface area contributed by atoms with Crippen LogP contribution in [0, 0.1) is 18.3 Å². The van der Waals surface area contributed by atoms with Crippen molar-refractivity contribution in [1.29, 1.82) is 5.26 Å². The molecule has 0 bridgehead atoms. The first-order chi connectivity index (χ1) is 6.56. The standard InChI is InChI=1S/C10H7F2NO/c1-6-4-7(5-13)2-3-8(6)9(14)10(11)12/h2-4,10H,1H3. The lowest BCUT2D eigenvalue weighted by atomic mass is 10.0.